The van der Waals surface area contributed by atoms with Crippen molar-refractivity contribution >= 4 is 27.7 Å². The van der Waals surface area contributed by atoms with Gasteiger partial charge in [-0.15, -0.1) is 0 Å². The van der Waals surface area contributed by atoms with Crippen LogP contribution in [0.2, 0.25) is 0 Å². The number of halogens is 1. The normalized spacial score (nSPS) is 9.47. The quantitative estimate of drug-likeness (QED) is 0.803. The molecule has 2 N–H and O–H groups in total. The zero-order chi connectivity index (χ0) is 11.3. The average Bonchev–Trinajstić information content (AvgIpc) is 2.26. The van der Waals surface area contributed by atoms with Crippen molar-refractivity contribution in [1.82, 2.24) is 10.9 Å². The lowest BCUT2D eigenvalue weighted by atomic mass is 10.2. The third-order valence-corrected chi connectivity index (χ3v) is 2.27. The molecule has 0 radical (unpaired) electrons. The summed E-state index contributed by atoms with van der Waals surface area (Å²) < 4.78 is 0.900. The van der Waals surface area contributed by atoms with Crippen LogP contribution in [0.3, 0.4) is 0 Å². The lowest BCUT2D eigenvalue weighted by molar-refractivity contribution is -0.121. The Labute approximate surface area is 96.2 Å². The Bertz CT molecular complexity index is 362. The highest BCUT2D eigenvalue weighted by molar-refractivity contribution is 9.10. The van der Waals surface area contributed by atoms with E-state index in [2.05, 4.69) is 26.8 Å². The molecule has 2 amide bonds. The van der Waals surface area contributed by atoms with E-state index in [4.69, 9.17) is 0 Å². The number of rotatable bonds is 2. The molecule has 4 nitrogen and oxygen atoms in total. The molecular weight excluding hydrogens is 260 g/mol. The van der Waals surface area contributed by atoms with Gasteiger partial charge in [0.05, 0.1) is 0 Å². The SMILES string of the molecule is CCC(=O)NNC(=O)c1ccc(Br)cc1. The second kappa shape index (κ2) is 5.50. The van der Waals surface area contributed by atoms with Gasteiger partial charge in [-0.1, -0.05) is 22.9 Å². The van der Waals surface area contributed by atoms with Gasteiger partial charge in [0, 0.05) is 16.5 Å². The lowest BCUT2D eigenvalue weighted by Crippen LogP contribution is -2.41. The third-order valence-electron chi connectivity index (χ3n) is 1.74. The van der Waals surface area contributed by atoms with E-state index in [0.717, 1.165) is 4.47 Å². The molecule has 0 fully saturated rings. The molecule has 0 unspecified atom stereocenters. The zero-order valence-electron chi connectivity index (χ0n) is 8.21. The van der Waals surface area contributed by atoms with E-state index in [-0.39, 0.29) is 11.8 Å². The van der Waals surface area contributed by atoms with Crippen LogP contribution >= 0.6 is 15.9 Å². The highest BCUT2D eigenvalue weighted by Gasteiger charge is 2.05. The predicted octanol–water partition coefficient (Wildman–Crippen LogP) is 1.62. The van der Waals surface area contributed by atoms with Crippen LogP contribution in [0, 0.1) is 0 Å². The van der Waals surface area contributed by atoms with Crippen molar-refractivity contribution < 1.29 is 9.59 Å². The molecule has 0 heterocycles. The molecule has 0 aromatic heterocycles. The largest absolute Gasteiger partial charge is 0.273 e. The Morgan fingerprint density at radius 3 is 2.33 bits per heavy atom. The minimum absolute atomic E-state index is 0.222. The Balaban J connectivity index is 2.54. The van der Waals surface area contributed by atoms with E-state index in [1.54, 1.807) is 31.2 Å². The van der Waals surface area contributed by atoms with Crippen LogP contribution in [0.4, 0.5) is 0 Å². The number of nitrogens with one attached hydrogen (secondary N) is 2. The summed E-state index contributed by atoms with van der Waals surface area (Å²) in [5, 5.41) is 0. The van der Waals surface area contributed by atoms with E-state index in [1.165, 1.54) is 0 Å². The number of benzene rings is 1. The summed E-state index contributed by atoms with van der Waals surface area (Å²) in [7, 11) is 0. The van der Waals surface area contributed by atoms with E-state index >= 15 is 0 Å². The van der Waals surface area contributed by atoms with E-state index in [1.807, 2.05) is 0 Å². The van der Waals surface area contributed by atoms with Crippen molar-refractivity contribution in [3.8, 4) is 0 Å². The van der Waals surface area contributed by atoms with Crippen molar-refractivity contribution in [1.29, 1.82) is 0 Å². The van der Waals surface area contributed by atoms with Gasteiger partial charge < -0.3 is 0 Å². The second-order valence-electron chi connectivity index (χ2n) is 2.86. The maximum absolute atomic E-state index is 11.4. The summed E-state index contributed by atoms with van der Waals surface area (Å²) in [6, 6.07) is 6.85. The fraction of sp³-hybridized carbons (Fsp3) is 0.200. The van der Waals surface area contributed by atoms with Gasteiger partial charge in [0.1, 0.15) is 0 Å². The molecule has 5 heteroatoms. The van der Waals surface area contributed by atoms with Crippen molar-refractivity contribution in [2.24, 2.45) is 0 Å². The highest BCUT2D eigenvalue weighted by atomic mass is 79.9. The molecule has 80 valence electrons. The molecule has 0 saturated carbocycles. The van der Waals surface area contributed by atoms with Crippen molar-refractivity contribution in [2.75, 3.05) is 0 Å². The first-order valence-electron chi connectivity index (χ1n) is 4.48. The lowest BCUT2D eigenvalue weighted by Gasteiger charge is -2.05. The van der Waals surface area contributed by atoms with E-state index in [0.29, 0.717) is 12.0 Å². The average molecular weight is 271 g/mol. The van der Waals surface area contributed by atoms with Crippen LogP contribution in [0.15, 0.2) is 28.7 Å². The van der Waals surface area contributed by atoms with Gasteiger partial charge >= 0.3 is 0 Å². The first-order chi connectivity index (χ1) is 7.13. The Hall–Kier alpha value is -1.36. The Kier molecular flexibility index (Phi) is 4.30. The van der Waals surface area contributed by atoms with Crippen molar-refractivity contribution in [2.45, 2.75) is 13.3 Å². The summed E-state index contributed by atoms with van der Waals surface area (Å²) in [4.78, 5) is 22.3. The van der Waals surface area contributed by atoms with E-state index < -0.39 is 0 Å². The van der Waals surface area contributed by atoms with Crippen LogP contribution in [-0.2, 0) is 4.79 Å². The smallest absolute Gasteiger partial charge is 0.269 e. The molecular formula is C10H11BrN2O2. The molecule has 1 aromatic carbocycles. The summed E-state index contributed by atoms with van der Waals surface area (Å²) in [5.74, 6) is -0.551. The van der Waals surface area contributed by atoms with Gasteiger partial charge in [0.2, 0.25) is 5.91 Å². The second-order valence-corrected chi connectivity index (χ2v) is 3.78. The molecule has 15 heavy (non-hydrogen) atoms. The monoisotopic (exact) mass is 270 g/mol. The van der Waals surface area contributed by atoms with Crippen LogP contribution in [0.1, 0.15) is 23.7 Å². The maximum atomic E-state index is 11.4. The number of carbonyl (C=O) groups excluding carboxylic acids is 2. The maximum Gasteiger partial charge on any atom is 0.269 e. The fourth-order valence-electron chi connectivity index (χ4n) is 0.888. The first kappa shape index (κ1) is 11.7. The van der Waals surface area contributed by atoms with E-state index in [9.17, 15) is 9.59 Å². The van der Waals surface area contributed by atoms with Crippen molar-refractivity contribution in [3.63, 3.8) is 0 Å². The van der Waals surface area contributed by atoms with Gasteiger partial charge in [0.15, 0.2) is 0 Å². The molecule has 0 saturated heterocycles. The molecule has 0 aliphatic rings. The van der Waals surface area contributed by atoms with Gasteiger partial charge in [-0.25, -0.2) is 0 Å². The molecule has 0 spiro atoms. The molecule has 0 aliphatic carbocycles. The third kappa shape index (κ3) is 3.71. The number of hydrogen-bond acceptors (Lipinski definition) is 2. The van der Waals surface area contributed by atoms with Gasteiger partial charge in [0.25, 0.3) is 5.91 Å². The molecule has 1 aromatic rings. The highest BCUT2D eigenvalue weighted by Crippen LogP contribution is 2.09. The molecule has 0 aliphatic heterocycles. The summed E-state index contributed by atoms with van der Waals surface area (Å²) >= 11 is 3.27. The van der Waals surface area contributed by atoms with Gasteiger partial charge in [-0.3, -0.25) is 20.4 Å². The molecule has 0 atom stereocenters. The standard InChI is InChI=1S/C10H11BrN2O2/c1-2-9(14)12-13-10(15)7-3-5-8(11)6-4-7/h3-6H,2H2,1H3,(H,12,14)(H,13,15). The first-order valence-corrected chi connectivity index (χ1v) is 5.27. The summed E-state index contributed by atoms with van der Waals surface area (Å²) in [6.07, 6.45) is 0.334. The van der Waals surface area contributed by atoms with Gasteiger partial charge in [-0.05, 0) is 24.3 Å². The fourth-order valence-corrected chi connectivity index (χ4v) is 1.15. The Morgan fingerprint density at radius 2 is 1.80 bits per heavy atom. The minimum atomic E-state index is -0.329. The predicted molar refractivity (Wildman–Crippen MR) is 60.0 cm³/mol. The van der Waals surface area contributed by atoms with Crippen LogP contribution < -0.4 is 10.9 Å². The number of hydrazine groups is 1. The summed E-state index contributed by atoms with van der Waals surface area (Å²) in [6.45, 7) is 1.71. The van der Waals surface area contributed by atoms with Gasteiger partial charge in [-0.2, -0.15) is 0 Å². The topological polar surface area (TPSA) is 58.2 Å². The number of hydrogen-bond donors (Lipinski definition) is 2. The summed E-state index contributed by atoms with van der Waals surface area (Å²) in [5.41, 5.74) is 5.11. The van der Waals surface area contributed by atoms with Crippen LogP contribution in [-0.4, -0.2) is 11.8 Å². The van der Waals surface area contributed by atoms with Crippen molar-refractivity contribution in [3.05, 3.63) is 34.3 Å². The van der Waals surface area contributed by atoms with Crippen LogP contribution in [0.25, 0.3) is 0 Å². The Morgan fingerprint density at radius 1 is 1.20 bits per heavy atom. The van der Waals surface area contributed by atoms with Crippen LogP contribution in [0.5, 0.6) is 0 Å². The molecule has 0 bridgehead atoms. The number of amides is 2. The zero-order valence-corrected chi connectivity index (χ0v) is 9.80. The number of carbonyl (C=O) groups is 2. The minimum Gasteiger partial charge on any atom is -0.273 e. The molecule has 1 rings (SSSR count).